The Balaban J connectivity index is 1.86. The predicted octanol–water partition coefficient (Wildman–Crippen LogP) is 2.62. The van der Waals surface area contributed by atoms with Crippen molar-refractivity contribution in [2.75, 3.05) is 19.6 Å². The normalized spacial score (nSPS) is 22.1. The highest BCUT2D eigenvalue weighted by Crippen LogP contribution is 2.21. The summed E-state index contributed by atoms with van der Waals surface area (Å²) in [6, 6.07) is 6.41. The number of halogens is 1. The molecule has 1 saturated heterocycles. The molecule has 1 amide bonds. The molecule has 1 aromatic rings. The Kier molecular flexibility index (Phi) is 6.22. The molecule has 0 spiro atoms. The Morgan fingerprint density at radius 3 is 2.35 bits per heavy atom. The van der Waals surface area contributed by atoms with Gasteiger partial charge in [0.25, 0.3) is 0 Å². The molecular weight excluding hydrogens is 380 g/mol. The summed E-state index contributed by atoms with van der Waals surface area (Å²) in [6.45, 7) is 5.94. The molecule has 1 aromatic carbocycles. The molecule has 1 N–H and O–H groups in total. The Morgan fingerprint density at radius 1 is 1.22 bits per heavy atom. The number of amides is 1. The van der Waals surface area contributed by atoms with E-state index in [0.717, 1.165) is 24.0 Å². The number of nitrogens with one attached hydrogen (secondary N) is 1. The standard InChI is InChI=1S/C16H23BrN2O3S/c1-12-9-13(2)11-19(10-12)16(20)7-8-18-23(21,22)15-5-3-14(17)4-6-15/h3-6,12-13,18H,7-11H2,1-2H3/t12-,13-/m1/s1. The molecule has 1 fully saturated rings. The summed E-state index contributed by atoms with van der Waals surface area (Å²) in [7, 11) is -3.57. The number of sulfonamides is 1. The SMILES string of the molecule is C[C@@H]1C[C@@H](C)CN(C(=O)CCNS(=O)(=O)c2ccc(Br)cc2)C1. The number of likely N-dealkylation sites (tertiary alicyclic amines) is 1. The molecule has 0 bridgehead atoms. The highest BCUT2D eigenvalue weighted by molar-refractivity contribution is 9.10. The van der Waals surface area contributed by atoms with Crippen molar-refractivity contribution in [3.05, 3.63) is 28.7 Å². The van der Waals surface area contributed by atoms with Crippen LogP contribution in [-0.4, -0.2) is 38.9 Å². The van der Waals surface area contributed by atoms with Gasteiger partial charge in [0.2, 0.25) is 15.9 Å². The van der Waals surface area contributed by atoms with Gasteiger partial charge in [-0.1, -0.05) is 29.8 Å². The van der Waals surface area contributed by atoms with Crippen LogP contribution >= 0.6 is 15.9 Å². The lowest BCUT2D eigenvalue weighted by Crippen LogP contribution is -2.43. The van der Waals surface area contributed by atoms with Crippen LogP contribution in [0.15, 0.2) is 33.6 Å². The van der Waals surface area contributed by atoms with Gasteiger partial charge in [0.1, 0.15) is 0 Å². The number of carbonyl (C=O) groups is 1. The molecular formula is C16H23BrN2O3S. The van der Waals surface area contributed by atoms with Gasteiger partial charge < -0.3 is 4.90 Å². The molecule has 1 heterocycles. The van der Waals surface area contributed by atoms with Crippen molar-refractivity contribution in [3.8, 4) is 0 Å². The number of hydrogen-bond acceptors (Lipinski definition) is 3. The van der Waals surface area contributed by atoms with Gasteiger partial charge in [0.15, 0.2) is 0 Å². The molecule has 23 heavy (non-hydrogen) atoms. The number of piperidine rings is 1. The summed E-state index contributed by atoms with van der Waals surface area (Å²) in [5.41, 5.74) is 0. The van der Waals surface area contributed by atoms with Gasteiger partial charge in [-0.3, -0.25) is 4.79 Å². The minimum atomic E-state index is -3.57. The second-order valence-corrected chi connectivity index (χ2v) is 9.03. The van der Waals surface area contributed by atoms with E-state index in [1.807, 2.05) is 4.90 Å². The van der Waals surface area contributed by atoms with Crippen LogP contribution in [0.3, 0.4) is 0 Å². The van der Waals surface area contributed by atoms with E-state index in [9.17, 15) is 13.2 Å². The Bertz CT molecular complexity index is 636. The van der Waals surface area contributed by atoms with Crippen molar-refractivity contribution in [3.63, 3.8) is 0 Å². The van der Waals surface area contributed by atoms with Crippen LogP contribution in [0.5, 0.6) is 0 Å². The molecule has 1 aliphatic rings. The first-order valence-electron chi connectivity index (χ1n) is 7.81. The second kappa shape index (κ2) is 7.77. The molecule has 0 radical (unpaired) electrons. The number of benzene rings is 1. The van der Waals surface area contributed by atoms with Crippen LogP contribution in [0, 0.1) is 11.8 Å². The number of hydrogen-bond donors (Lipinski definition) is 1. The molecule has 2 atom stereocenters. The van der Waals surface area contributed by atoms with E-state index in [1.54, 1.807) is 12.1 Å². The highest BCUT2D eigenvalue weighted by atomic mass is 79.9. The minimum Gasteiger partial charge on any atom is -0.342 e. The van der Waals surface area contributed by atoms with E-state index < -0.39 is 10.0 Å². The van der Waals surface area contributed by atoms with Gasteiger partial charge in [0.05, 0.1) is 4.90 Å². The van der Waals surface area contributed by atoms with Gasteiger partial charge in [-0.25, -0.2) is 13.1 Å². The van der Waals surface area contributed by atoms with Crippen molar-refractivity contribution in [2.45, 2.75) is 31.6 Å². The molecule has 128 valence electrons. The smallest absolute Gasteiger partial charge is 0.240 e. The van der Waals surface area contributed by atoms with E-state index in [1.165, 1.54) is 12.1 Å². The van der Waals surface area contributed by atoms with Crippen LogP contribution in [0.2, 0.25) is 0 Å². The monoisotopic (exact) mass is 402 g/mol. The first kappa shape index (κ1) is 18.4. The maximum Gasteiger partial charge on any atom is 0.240 e. The lowest BCUT2D eigenvalue weighted by molar-refractivity contribution is -0.133. The average molecular weight is 403 g/mol. The first-order chi connectivity index (χ1) is 10.8. The summed E-state index contributed by atoms with van der Waals surface area (Å²) < 4.78 is 27.6. The predicted molar refractivity (Wildman–Crippen MR) is 93.5 cm³/mol. The van der Waals surface area contributed by atoms with Gasteiger partial charge in [0, 0.05) is 30.5 Å². The fourth-order valence-electron chi connectivity index (χ4n) is 3.01. The van der Waals surface area contributed by atoms with Gasteiger partial charge >= 0.3 is 0 Å². The summed E-state index contributed by atoms with van der Waals surface area (Å²) in [4.78, 5) is 14.3. The van der Waals surface area contributed by atoms with E-state index in [2.05, 4.69) is 34.5 Å². The minimum absolute atomic E-state index is 0.0157. The maximum atomic E-state index is 12.2. The van der Waals surface area contributed by atoms with Crippen molar-refractivity contribution < 1.29 is 13.2 Å². The fourth-order valence-corrected chi connectivity index (χ4v) is 4.31. The zero-order valence-corrected chi connectivity index (χ0v) is 15.9. The third-order valence-corrected chi connectivity index (χ3v) is 5.98. The van der Waals surface area contributed by atoms with E-state index in [0.29, 0.717) is 11.8 Å². The van der Waals surface area contributed by atoms with Crippen LogP contribution in [0.25, 0.3) is 0 Å². The Hall–Kier alpha value is -0.920. The Morgan fingerprint density at radius 2 is 1.78 bits per heavy atom. The van der Waals surface area contributed by atoms with E-state index >= 15 is 0 Å². The molecule has 0 aromatic heterocycles. The third kappa shape index (κ3) is 5.29. The Labute approximate surface area is 146 Å². The molecule has 2 rings (SSSR count). The molecule has 7 heteroatoms. The molecule has 1 aliphatic heterocycles. The third-order valence-electron chi connectivity index (χ3n) is 3.98. The maximum absolute atomic E-state index is 12.2. The summed E-state index contributed by atoms with van der Waals surface area (Å²) >= 11 is 3.27. The lowest BCUT2D eigenvalue weighted by atomic mass is 9.92. The fraction of sp³-hybridized carbons (Fsp3) is 0.562. The number of nitrogens with zero attached hydrogens (tertiary/aromatic N) is 1. The number of carbonyl (C=O) groups excluding carboxylic acids is 1. The largest absolute Gasteiger partial charge is 0.342 e. The van der Waals surface area contributed by atoms with Gasteiger partial charge in [-0.15, -0.1) is 0 Å². The van der Waals surface area contributed by atoms with Crippen molar-refractivity contribution >= 4 is 31.9 Å². The van der Waals surface area contributed by atoms with Crippen molar-refractivity contribution in [1.29, 1.82) is 0 Å². The summed E-state index contributed by atoms with van der Waals surface area (Å²) in [5, 5.41) is 0. The van der Waals surface area contributed by atoms with Gasteiger partial charge in [-0.05, 0) is 42.5 Å². The van der Waals surface area contributed by atoms with E-state index in [4.69, 9.17) is 0 Å². The summed E-state index contributed by atoms with van der Waals surface area (Å²) in [5.74, 6) is 1.02. The second-order valence-electron chi connectivity index (χ2n) is 6.35. The van der Waals surface area contributed by atoms with Crippen LogP contribution < -0.4 is 4.72 Å². The average Bonchev–Trinajstić information content (AvgIpc) is 2.46. The van der Waals surface area contributed by atoms with Crippen LogP contribution in [0.1, 0.15) is 26.7 Å². The van der Waals surface area contributed by atoms with Crippen LogP contribution in [-0.2, 0) is 14.8 Å². The van der Waals surface area contributed by atoms with Crippen molar-refractivity contribution in [1.82, 2.24) is 9.62 Å². The lowest BCUT2D eigenvalue weighted by Gasteiger charge is -2.35. The zero-order valence-electron chi connectivity index (χ0n) is 13.5. The molecule has 0 aliphatic carbocycles. The zero-order chi connectivity index (χ0) is 17.0. The van der Waals surface area contributed by atoms with Crippen LogP contribution in [0.4, 0.5) is 0 Å². The molecule has 0 unspecified atom stereocenters. The summed E-state index contributed by atoms with van der Waals surface area (Å²) in [6.07, 6.45) is 1.33. The topological polar surface area (TPSA) is 66.5 Å². The van der Waals surface area contributed by atoms with Gasteiger partial charge in [-0.2, -0.15) is 0 Å². The molecule has 5 nitrogen and oxygen atoms in total. The number of rotatable bonds is 5. The molecule has 0 saturated carbocycles. The quantitative estimate of drug-likeness (QED) is 0.822. The first-order valence-corrected chi connectivity index (χ1v) is 10.1. The highest BCUT2D eigenvalue weighted by Gasteiger charge is 2.25. The van der Waals surface area contributed by atoms with E-state index in [-0.39, 0.29) is 23.8 Å². The van der Waals surface area contributed by atoms with Crippen molar-refractivity contribution in [2.24, 2.45) is 11.8 Å².